The van der Waals surface area contributed by atoms with Gasteiger partial charge in [-0.1, -0.05) is 12.1 Å². The Balaban J connectivity index is 1.43. The summed E-state index contributed by atoms with van der Waals surface area (Å²) >= 11 is 0. The second kappa shape index (κ2) is 5.48. The first-order valence-corrected chi connectivity index (χ1v) is 9.22. The van der Waals surface area contributed by atoms with Crippen LogP contribution in [0.1, 0.15) is 51.0 Å². The Labute approximate surface area is 143 Å². The largest absolute Gasteiger partial charge is 0.399 e. The van der Waals surface area contributed by atoms with E-state index in [9.17, 15) is 9.90 Å². The smallest absolute Gasteiger partial charge is 0.224 e. The quantitative estimate of drug-likeness (QED) is 0.744. The van der Waals surface area contributed by atoms with Gasteiger partial charge in [0.2, 0.25) is 5.91 Å². The lowest BCUT2D eigenvalue weighted by molar-refractivity contribution is -0.173. The van der Waals surface area contributed by atoms with Crippen molar-refractivity contribution in [1.82, 2.24) is 5.32 Å². The van der Waals surface area contributed by atoms with Gasteiger partial charge < -0.3 is 16.2 Å². The fraction of sp³-hybridized carbons (Fsp3) is 0.650. The number of nitrogens with one attached hydrogen (secondary N) is 1. The minimum atomic E-state index is -0.472. The normalized spacial score (nSPS) is 38.1. The molecule has 0 saturated heterocycles. The van der Waals surface area contributed by atoms with E-state index in [1.54, 1.807) is 0 Å². The van der Waals surface area contributed by atoms with E-state index in [-0.39, 0.29) is 17.4 Å². The molecule has 4 N–H and O–H groups in total. The molecule has 4 saturated carbocycles. The van der Waals surface area contributed by atoms with Gasteiger partial charge in [0.25, 0.3) is 0 Å². The van der Waals surface area contributed by atoms with Crippen LogP contribution in [0, 0.1) is 17.3 Å². The van der Waals surface area contributed by atoms with Gasteiger partial charge in [0.05, 0.1) is 12.0 Å². The Kier molecular flexibility index (Phi) is 3.64. The average Bonchev–Trinajstić information content (AvgIpc) is 2.47. The van der Waals surface area contributed by atoms with Crippen molar-refractivity contribution < 1.29 is 9.90 Å². The van der Waals surface area contributed by atoms with Crippen molar-refractivity contribution in [2.75, 3.05) is 5.73 Å². The molecule has 0 spiro atoms. The summed E-state index contributed by atoms with van der Waals surface area (Å²) in [7, 11) is 0. The van der Waals surface area contributed by atoms with E-state index in [1.807, 2.05) is 24.3 Å². The zero-order valence-corrected chi connectivity index (χ0v) is 14.4. The number of amides is 1. The first kappa shape index (κ1) is 15.9. The number of rotatable bonds is 4. The molecule has 4 aliphatic carbocycles. The van der Waals surface area contributed by atoms with Crippen molar-refractivity contribution in [3.8, 4) is 0 Å². The molecule has 0 aromatic heterocycles. The Bertz CT molecular complexity index is 626. The highest BCUT2D eigenvalue weighted by molar-refractivity contribution is 5.79. The number of hydrogen-bond acceptors (Lipinski definition) is 3. The Morgan fingerprint density at radius 3 is 2.46 bits per heavy atom. The number of carbonyl (C=O) groups is 1. The Morgan fingerprint density at radius 2 is 1.88 bits per heavy atom. The molecule has 4 nitrogen and oxygen atoms in total. The van der Waals surface area contributed by atoms with Crippen LogP contribution in [-0.4, -0.2) is 22.7 Å². The minimum absolute atomic E-state index is 0.0648. The van der Waals surface area contributed by atoms with E-state index < -0.39 is 5.60 Å². The second-order valence-corrected chi connectivity index (χ2v) is 8.76. The molecule has 24 heavy (non-hydrogen) atoms. The van der Waals surface area contributed by atoms with Crippen LogP contribution in [0.3, 0.4) is 0 Å². The summed E-state index contributed by atoms with van der Waals surface area (Å²) < 4.78 is 0. The number of nitrogen functional groups attached to an aromatic ring is 1. The van der Waals surface area contributed by atoms with E-state index in [0.717, 1.165) is 37.7 Å². The maximum absolute atomic E-state index is 12.5. The predicted octanol–water partition coefficient (Wildman–Crippen LogP) is 2.65. The molecule has 130 valence electrons. The van der Waals surface area contributed by atoms with E-state index in [0.29, 0.717) is 23.9 Å². The maximum Gasteiger partial charge on any atom is 0.224 e. The van der Waals surface area contributed by atoms with Gasteiger partial charge in [0, 0.05) is 11.7 Å². The van der Waals surface area contributed by atoms with Crippen LogP contribution in [0.5, 0.6) is 0 Å². The molecular weight excluding hydrogens is 300 g/mol. The third kappa shape index (κ3) is 2.81. The molecule has 5 rings (SSSR count). The zero-order valence-electron chi connectivity index (χ0n) is 14.4. The fourth-order valence-electron chi connectivity index (χ4n) is 6.06. The van der Waals surface area contributed by atoms with Crippen LogP contribution in [0.2, 0.25) is 0 Å². The molecule has 0 heterocycles. The van der Waals surface area contributed by atoms with Crippen LogP contribution >= 0.6 is 0 Å². The van der Waals surface area contributed by atoms with Crippen molar-refractivity contribution in [3.05, 3.63) is 29.8 Å². The van der Waals surface area contributed by atoms with Crippen molar-refractivity contribution in [1.29, 1.82) is 0 Å². The molecule has 0 unspecified atom stereocenters. The molecule has 1 aromatic carbocycles. The molecule has 0 aliphatic heterocycles. The van der Waals surface area contributed by atoms with Gasteiger partial charge in [-0.3, -0.25) is 4.79 Å². The van der Waals surface area contributed by atoms with Crippen LogP contribution in [-0.2, 0) is 11.2 Å². The van der Waals surface area contributed by atoms with Gasteiger partial charge in [-0.25, -0.2) is 0 Å². The highest BCUT2D eigenvalue weighted by Gasteiger charge is 2.58. The van der Waals surface area contributed by atoms with Gasteiger partial charge in [-0.05, 0) is 80.4 Å². The molecule has 1 aromatic rings. The van der Waals surface area contributed by atoms with Crippen molar-refractivity contribution in [2.45, 2.75) is 63.5 Å². The number of benzene rings is 1. The number of anilines is 1. The third-order valence-electron chi connectivity index (χ3n) is 6.72. The number of nitrogens with two attached hydrogens (primary N) is 1. The van der Waals surface area contributed by atoms with Gasteiger partial charge >= 0.3 is 0 Å². The third-order valence-corrected chi connectivity index (χ3v) is 6.72. The summed E-state index contributed by atoms with van der Waals surface area (Å²) in [5.41, 5.74) is 7.02. The van der Waals surface area contributed by atoms with Gasteiger partial charge in [0.1, 0.15) is 0 Å². The average molecular weight is 328 g/mol. The number of aliphatic hydroxyl groups is 1. The van der Waals surface area contributed by atoms with Crippen LogP contribution < -0.4 is 11.1 Å². The van der Waals surface area contributed by atoms with Crippen molar-refractivity contribution in [3.63, 3.8) is 0 Å². The standard InChI is InChI=1S/C20H28N2O2/c1-13(22-18(23)7-14-2-4-17(21)5-3-14)19-8-15-6-16(9-19)11-20(24,10-15)12-19/h2-5,13,15-16,24H,6-12,21H2,1H3,(H,22,23)/t13-,15+,16+,19?,20?/m0/s1. The van der Waals surface area contributed by atoms with Gasteiger partial charge in [-0.2, -0.15) is 0 Å². The first-order chi connectivity index (χ1) is 11.4. The summed E-state index contributed by atoms with van der Waals surface area (Å²) in [6.45, 7) is 2.14. The molecule has 3 atom stereocenters. The summed E-state index contributed by atoms with van der Waals surface area (Å²) in [5.74, 6) is 1.36. The molecule has 4 fully saturated rings. The summed E-state index contributed by atoms with van der Waals surface area (Å²) in [6.07, 6.45) is 6.78. The lowest BCUT2D eigenvalue weighted by Crippen LogP contribution is -2.61. The summed E-state index contributed by atoms with van der Waals surface area (Å²) in [4.78, 5) is 12.5. The topological polar surface area (TPSA) is 75.4 Å². The second-order valence-electron chi connectivity index (χ2n) is 8.76. The highest BCUT2D eigenvalue weighted by atomic mass is 16.3. The van der Waals surface area contributed by atoms with Gasteiger partial charge in [0.15, 0.2) is 0 Å². The van der Waals surface area contributed by atoms with E-state index in [4.69, 9.17) is 5.73 Å². The SMILES string of the molecule is C[C@H](NC(=O)Cc1ccc(N)cc1)C12C[C@H]3C[C@@H](CC(O)(C3)C1)C2. The lowest BCUT2D eigenvalue weighted by atomic mass is 9.46. The number of hydrogen-bond donors (Lipinski definition) is 3. The van der Waals surface area contributed by atoms with E-state index in [2.05, 4.69) is 12.2 Å². The Morgan fingerprint density at radius 1 is 1.25 bits per heavy atom. The minimum Gasteiger partial charge on any atom is -0.399 e. The molecular formula is C20H28N2O2. The molecule has 4 heteroatoms. The molecule has 4 aliphatic rings. The van der Waals surface area contributed by atoms with Crippen LogP contribution in [0.4, 0.5) is 5.69 Å². The van der Waals surface area contributed by atoms with Crippen molar-refractivity contribution >= 4 is 11.6 Å². The predicted molar refractivity (Wildman–Crippen MR) is 94.2 cm³/mol. The van der Waals surface area contributed by atoms with Crippen LogP contribution in [0.25, 0.3) is 0 Å². The zero-order chi connectivity index (χ0) is 16.9. The highest BCUT2D eigenvalue weighted by Crippen LogP contribution is 2.62. The fourth-order valence-corrected chi connectivity index (χ4v) is 6.06. The maximum atomic E-state index is 12.5. The molecule has 0 radical (unpaired) electrons. The first-order valence-electron chi connectivity index (χ1n) is 9.22. The summed E-state index contributed by atoms with van der Waals surface area (Å²) in [5, 5.41) is 14.1. The monoisotopic (exact) mass is 328 g/mol. The summed E-state index contributed by atoms with van der Waals surface area (Å²) in [6, 6.07) is 7.61. The van der Waals surface area contributed by atoms with Crippen molar-refractivity contribution in [2.24, 2.45) is 17.3 Å². The number of carbonyl (C=O) groups excluding carboxylic acids is 1. The van der Waals surface area contributed by atoms with Gasteiger partial charge in [-0.15, -0.1) is 0 Å². The van der Waals surface area contributed by atoms with Crippen LogP contribution in [0.15, 0.2) is 24.3 Å². The lowest BCUT2D eigenvalue weighted by Gasteiger charge is -2.62. The Hall–Kier alpha value is -1.55. The van der Waals surface area contributed by atoms with E-state index in [1.165, 1.54) is 6.42 Å². The molecule has 1 amide bonds. The molecule has 4 bridgehead atoms. The van der Waals surface area contributed by atoms with E-state index >= 15 is 0 Å².